The van der Waals surface area contributed by atoms with Crippen LogP contribution in [0.15, 0.2) is 54.7 Å². The number of nitrogens with one attached hydrogen (secondary N) is 1. The average molecular weight is 378 g/mol. The average Bonchev–Trinajstić information content (AvgIpc) is 3.12. The van der Waals surface area contributed by atoms with Crippen LogP contribution < -0.4 is 15.8 Å². The number of benzene rings is 2. The summed E-state index contributed by atoms with van der Waals surface area (Å²) in [6.07, 6.45) is 1.70. The first-order valence-corrected chi connectivity index (χ1v) is 8.87. The number of carbonyl (C=O) groups is 2. The van der Waals surface area contributed by atoms with Crippen molar-refractivity contribution in [2.45, 2.75) is 6.92 Å². The summed E-state index contributed by atoms with van der Waals surface area (Å²) < 4.78 is 7.47. The summed E-state index contributed by atoms with van der Waals surface area (Å²) in [6.45, 7) is 2.28. The number of hydrogen-bond donors (Lipinski definition) is 2. The Kier molecular flexibility index (Phi) is 5.86. The van der Waals surface area contributed by atoms with Crippen molar-refractivity contribution in [3.63, 3.8) is 0 Å². The van der Waals surface area contributed by atoms with E-state index >= 15 is 0 Å². The number of carbonyl (C=O) groups excluding carboxylic acids is 2. The molecule has 0 unspecified atom stereocenters. The van der Waals surface area contributed by atoms with Gasteiger partial charge in [0.1, 0.15) is 12.4 Å². The van der Waals surface area contributed by atoms with Crippen LogP contribution in [0.25, 0.3) is 11.3 Å². The topological polar surface area (TPSA) is 99.2 Å². The van der Waals surface area contributed by atoms with Crippen molar-refractivity contribution in [2.75, 3.05) is 18.5 Å². The van der Waals surface area contributed by atoms with Crippen molar-refractivity contribution in [3.8, 4) is 17.0 Å². The largest absolute Gasteiger partial charge is 0.492 e. The number of ether oxygens (including phenoxy) is 1. The highest BCUT2D eigenvalue weighted by atomic mass is 16.5. The molecule has 0 aliphatic carbocycles. The summed E-state index contributed by atoms with van der Waals surface area (Å²) >= 11 is 0. The first-order chi connectivity index (χ1) is 13.5. The molecule has 3 aromatic rings. The second-order valence-electron chi connectivity index (χ2n) is 6.28. The molecule has 1 amide bonds. The predicted octanol–water partition coefficient (Wildman–Crippen LogP) is 2.88. The summed E-state index contributed by atoms with van der Waals surface area (Å²) in [7, 11) is 1.84. The summed E-state index contributed by atoms with van der Waals surface area (Å²) in [5.41, 5.74) is 8.86. The van der Waals surface area contributed by atoms with Gasteiger partial charge >= 0.3 is 0 Å². The van der Waals surface area contributed by atoms with E-state index in [2.05, 4.69) is 10.4 Å². The molecule has 0 bridgehead atoms. The molecular weight excluding hydrogens is 356 g/mol. The number of aromatic nitrogens is 2. The molecule has 28 heavy (non-hydrogen) atoms. The molecule has 0 spiro atoms. The molecular formula is C21H22N4O3. The van der Waals surface area contributed by atoms with Gasteiger partial charge in [0.15, 0.2) is 5.78 Å². The van der Waals surface area contributed by atoms with Gasteiger partial charge in [-0.1, -0.05) is 12.1 Å². The van der Waals surface area contributed by atoms with Gasteiger partial charge in [-0.05, 0) is 43.3 Å². The van der Waals surface area contributed by atoms with Gasteiger partial charge < -0.3 is 15.8 Å². The normalized spacial score (nSPS) is 10.5. The number of nitrogens with zero attached hydrogens (tertiary/aromatic N) is 2. The van der Waals surface area contributed by atoms with Gasteiger partial charge in [0.25, 0.3) is 5.91 Å². The zero-order chi connectivity index (χ0) is 20.1. The van der Waals surface area contributed by atoms with Gasteiger partial charge in [-0.2, -0.15) is 5.10 Å². The van der Waals surface area contributed by atoms with Crippen LogP contribution in [-0.4, -0.2) is 34.6 Å². The van der Waals surface area contributed by atoms with Crippen molar-refractivity contribution in [2.24, 2.45) is 12.8 Å². The van der Waals surface area contributed by atoms with Crippen LogP contribution in [0.5, 0.6) is 5.75 Å². The lowest BCUT2D eigenvalue weighted by atomic mass is 10.1. The molecule has 0 fully saturated rings. The fourth-order valence-corrected chi connectivity index (χ4v) is 2.80. The monoisotopic (exact) mass is 378 g/mol. The van der Waals surface area contributed by atoms with E-state index in [1.807, 2.05) is 19.2 Å². The predicted molar refractivity (Wildman–Crippen MR) is 108 cm³/mol. The van der Waals surface area contributed by atoms with Crippen molar-refractivity contribution >= 4 is 17.4 Å². The van der Waals surface area contributed by atoms with Crippen LogP contribution in [0.1, 0.15) is 27.6 Å². The fourth-order valence-electron chi connectivity index (χ4n) is 2.80. The first-order valence-electron chi connectivity index (χ1n) is 8.87. The van der Waals surface area contributed by atoms with Gasteiger partial charge in [-0.25, -0.2) is 0 Å². The Morgan fingerprint density at radius 1 is 1.11 bits per heavy atom. The van der Waals surface area contributed by atoms with E-state index < -0.39 is 0 Å². The van der Waals surface area contributed by atoms with Crippen molar-refractivity contribution < 1.29 is 14.3 Å². The third-order valence-corrected chi connectivity index (χ3v) is 4.26. The maximum absolute atomic E-state index is 12.6. The molecule has 0 saturated carbocycles. The number of hydrogen-bond acceptors (Lipinski definition) is 5. The van der Waals surface area contributed by atoms with Crippen LogP contribution in [0.4, 0.5) is 5.69 Å². The summed E-state index contributed by atoms with van der Waals surface area (Å²) in [5, 5.41) is 7.07. The Balaban J connectivity index is 1.86. The summed E-state index contributed by atoms with van der Waals surface area (Å²) in [5.74, 6) is 0.361. The maximum atomic E-state index is 12.6. The van der Waals surface area contributed by atoms with Gasteiger partial charge in [0, 0.05) is 42.2 Å². The van der Waals surface area contributed by atoms with E-state index in [1.54, 1.807) is 47.3 Å². The highest BCUT2D eigenvalue weighted by Crippen LogP contribution is 2.32. The number of aryl methyl sites for hydroxylation is 1. The first kappa shape index (κ1) is 19.3. The molecule has 3 rings (SSSR count). The molecule has 0 aliphatic heterocycles. The lowest BCUT2D eigenvalue weighted by Crippen LogP contribution is -2.13. The molecule has 1 aromatic heterocycles. The van der Waals surface area contributed by atoms with Crippen LogP contribution in [0.3, 0.4) is 0 Å². The minimum atomic E-state index is -0.262. The number of amides is 1. The molecule has 2 aromatic carbocycles. The smallest absolute Gasteiger partial charge is 0.255 e. The summed E-state index contributed by atoms with van der Waals surface area (Å²) in [4.78, 5) is 23.9. The Labute approximate surface area is 163 Å². The standard InChI is InChI=1S/C21H22N4O3/c1-14(26)15-3-5-16(6-4-15)21(27)24-17-7-8-20(28-12-10-22)18(13-17)19-9-11-23-25(19)2/h3-9,11,13H,10,12,22H2,1-2H3,(H,24,27). The number of ketones is 1. The van der Waals surface area contributed by atoms with E-state index in [9.17, 15) is 9.59 Å². The maximum Gasteiger partial charge on any atom is 0.255 e. The molecule has 3 N–H and O–H groups in total. The molecule has 144 valence electrons. The minimum Gasteiger partial charge on any atom is -0.492 e. The van der Waals surface area contributed by atoms with Crippen molar-refractivity contribution in [1.29, 1.82) is 0 Å². The zero-order valence-electron chi connectivity index (χ0n) is 15.8. The third kappa shape index (κ3) is 4.27. The second kappa shape index (κ2) is 8.49. The minimum absolute atomic E-state index is 0.0409. The quantitative estimate of drug-likeness (QED) is 0.616. The highest BCUT2D eigenvalue weighted by molar-refractivity contribution is 6.05. The van der Waals surface area contributed by atoms with E-state index in [4.69, 9.17) is 10.5 Å². The molecule has 0 aliphatic rings. The van der Waals surface area contributed by atoms with Gasteiger partial charge in [-0.15, -0.1) is 0 Å². The number of anilines is 1. The van der Waals surface area contributed by atoms with Gasteiger partial charge in [0.2, 0.25) is 0 Å². The number of rotatable bonds is 7. The third-order valence-electron chi connectivity index (χ3n) is 4.26. The van der Waals surface area contributed by atoms with Gasteiger partial charge in [-0.3, -0.25) is 14.3 Å². The van der Waals surface area contributed by atoms with Crippen LogP contribution in [-0.2, 0) is 7.05 Å². The van der Waals surface area contributed by atoms with Gasteiger partial charge in [0.05, 0.1) is 5.69 Å². The molecule has 0 radical (unpaired) electrons. The number of Topliss-reactive ketones (excluding diaryl/α,β-unsaturated/α-hetero) is 1. The summed E-state index contributed by atoms with van der Waals surface area (Å²) in [6, 6.07) is 13.8. The molecule has 0 saturated heterocycles. The van der Waals surface area contributed by atoms with Crippen LogP contribution in [0, 0.1) is 0 Å². The molecule has 1 heterocycles. The van der Waals surface area contributed by atoms with E-state index in [-0.39, 0.29) is 11.7 Å². The van der Waals surface area contributed by atoms with Crippen LogP contribution >= 0.6 is 0 Å². The molecule has 7 heteroatoms. The zero-order valence-corrected chi connectivity index (χ0v) is 15.8. The van der Waals surface area contributed by atoms with E-state index in [0.717, 1.165) is 11.3 Å². The Morgan fingerprint density at radius 2 is 1.82 bits per heavy atom. The molecule has 7 nitrogen and oxygen atoms in total. The fraction of sp³-hybridized carbons (Fsp3) is 0.190. The molecule has 0 atom stereocenters. The Morgan fingerprint density at radius 3 is 2.43 bits per heavy atom. The second-order valence-corrected chi connectivity index (χ2v) is 6.28. The lowest BCUT2D eigenvalue weighted by Gasteiger charge is -2.14. The van der Waals surface area contributed by atoms with Crippen molar-refractivity contribution in [3.05, 3.63) is 65.9 Å². The Hall–Kier alpha value is -3.45. The van der Waals surface area contributed by atoms with E-state index in [1.165, 1.54) is 6.92 Å². The lowest BCUT2D eigenvalue weighted by molar-refractivity contribution is 0.101. The van der Waals surface area contributed by atoms with Crippen LogP contribution in [0.2, 0.25) is 0 Å². The van der Waals surface area contributed by atoms with E-state index in [0.29, 0.717) is 35.7 Å². The Bertz CT molecular complexity index is 993. The number of nitrogens with two attached hydrogens (primary N) is 1. The highest BCUT2D eigenvalue weighted by Gasteiger charge is 2.13. The SMILES string of the molecule is CC(=O)c1ccc(C(=O)Nc2ccc(OCCN)c(-c3ccnn3C)c2)cc1. The van der Waals surface area contributed by atoms with Crippen molar-refractivity contribution in [1.82, 2.24) is 9.78 Å².